The minimum atomic E-state index is -1.38. The second kappa shape index (κ2) is 4.91. The lowest BCUT2D eigenvalue weighted by Gasteiger charge is -2.13. The van der Waals surface area contributed by atoms with E-state index in [0.717, 1.165) is 5.69 Å². The Morgan fingerprint density at radius 1 is 1.33 bits per heavy atom. The molecule has 15 heavy (non-hydrogen) atoms. The summed E-state index contributed by atoms with van der Waals surface area (Å²) in [5.41, 5.74) is 1.44. The fourth-order valence-corrected chi connectivity index (χ4v) is 1.17. The standard InChI is InChI=1S/C11H15NO3/c1-12(2)9-6-4-8(5-7-9)10(13)11(14)15-3/h4-7,11,14H,1-3H3. The molecule has 0 aliphatic rings. The van der Waals surface area contributed by atoms with Crippen LogP contribution in [0.1, 0.15) is 10.4 Å². The number of carbonyl (C=O) groups excluding carboxylic acids is 1. The highest BCUT2D eigenvalue weighted by molar-refractivity contribution is 5.98. The predicted octanol–water partition coefficient (Wildman–Crippen LogP) is 0.900. The summed E-state index contributed by atoms with van der Waals surface area (Å²) in [5, 5.41) is 9.18. The predicted molar refractivity (Wildman–Crippen MR) is 58.1 cm³/mol. The van der Waals surface area contributed by atoms with E-state index in [0.29, 0.717) is 5.56 Å². The minimum Gasteiger partial charge on any atom is -0.378 e. The summed E-state index contributed by atoms with van der Waals surface area (Å²) < 4.78 is 4.54. The maximum absolute atomic E-state index is 11.5. The third-order valence-electron chi connectivity index (χ3n) is 2.12. The van der Waals surface area contributed by atoms with E-state index in [1.807, 2.05) is 31.1 Å². The number of anilines is 1. The van der Waals surface area contributed by atoms with E-state index in [4.69, 9.17) is 0 Å². The summed E-state index contributed by atoms with van der Waals surface area (Å²) in [4.78, 5) is 13.4. The number of carbonyl (C=O) groups is 1. The highest BCUT2D eigenvalue weighted by atomic mass is 16.6. The average Bonchev–Trinajstić information content (AvgIpc) is 2.27. The molecule has 1 aromatic rings. The van der Waals surface area contributed by atoms with Gasteiger partial charge in [-0.1, -0.05) is 0 Å². The van der Waals surface area contributed by atoms with Crippen LogP contribution >= 0.6 is 0 Å². The van der Waals surface area contributed by atoms with Crippen LogP contribution in [0.25, 0.3) is 0 Å². The zero-order chi connectivity index (χ0) is 11.4. The Bertz CT molecular complexity index is 332. The van der Waals surface area contributed by atoms with Crippen LogP contribution in [0.15, 0.2) is 24.3 Å². The van der Waals surface area contributed by atoms with Gasteiger partial charge in [-0.05, 0) is 24.3 Å². The molecule has 4 heteroatoms. The summed E-state index contributed by atoms with van der Waals surface area (Å²) in [6, 6.07) is 6.96. The lowest BCUT2D eigenvalue weighted by atomic mass is 10.1. The number of rotatable bonds is 4. The van der Waals surface area contributed by atoms with Crippen LogP contribution < -0.4 is 4.90 Å². The number of nitrogens with zero attached hydrogens (tertiary/aromatic N) is 1. The van der Waals surface area contributed by atoms with Crippen molar-refractivity contribution in [1.29, 1.82) is 0 Å². The monoisotopic (exact) mass is 209 g/mol. The van der Waals surface area contributed by atoms with Crippen molar-refractivity contribution >= 4 is 11.5 Å². The number of aliphatic hydroxyl groups excluding tert-OH is 1. The summed E-state index contributed by atoms with van der Waals surface area (Å²) in [6.45, 7) is 0. The van der Waals surface area contributed by atoms with Crippen molar-refractivity contribution in [3.05, 3.63) is 29.8 Å². The van der Waals surface area contributed by atoms with Crippen LogP contribution in [0, 0.1) is 0 Å². The Balaban J connectivity index is 2.84. The summed E-state index contributed by atoms with van der Waals surface area (Å²) in [6.07, 6.45) is -1.38. The lowest BCUT2D eigenvalue weighted by Crippen LogP contribution is -2.22. The van der Waals surface area contributed by atoms with Crippen molar-refractivity contribution in [3.63, 3.8) is 0 Å². The largest absolute Gasteiger partial charge is 0.378 e. The molecule has 1 unspecified atom stereocenters. The number of methoxy groups -OCH3 is 1. The summed E-state index contributed by atoms with van der Waals surface area (Å²) >= 11 is 0. The Hall–Kier alpha value is -1.39. The number of aliphatic hydroxyl groups is 1. The van der Waals surface area contributed by atoms with E-state index in [9.17, 15) is 9.90 Å². The van der Waals surface area contributed by atoms with Crippen LogP contribution in [0.4, 0.5) is 5.69 Å². The topological polar surface area (TPSA) is 49.8 Å². The van der Waals surface area contributed by atoms with E-state index in [2.05, 4.69) is 4.74 Å². The average molecular weight is 209 g/mol. The van der Waals surface area contributed by atoms with Gasteiger partial charge in [-0.3, -0.25) is 4.79 Å². The molecule has 0 saturated heterocycles. The molecular formula is C11H15NO3. The van der Waals surface area contributed by atoms with Gasteiger partial charge < -0.3 is 14.7 Å². The van der Waals surface area contributed by atoms with Gasteiger partial charge in [-0.2, -0.15) is 0 Å². The normalized spacial score (nSPS) is 12.3. The molecule has 0 saturated carbocycles. The Morgan fingerprint density at radius 3 is 2.27 bits per heavy atom. The van der Waals surface area contributed by atoms with Gasteiger partial charge in [0.1, 0.15) is 0 Å². The molecule has 0 aliphatic heterocycles. The second-order valence-corrected chi connectivity index (χ2v) is 3.39. The maximum atomic E-state index is 11.5. The Kier molecular flexibility index (Phi) is 3.82. The molecule has 0 bridgehead atoms. The number of hydrogen-bond acceptors (Lipinski definition) is 4. The number of hydrogen-bond donors (Lipinski definition) is 1. The van der Waals surface area contributed by atoms with Crippen LogP contribution in [-0.4, -0.2) is 38.4 Å². The van der Waals surface area contributed by atoms with Gasteiger partial charge in [0.15, 0.2) is 0 Å². The van der Waals surface area contributed by atoms with Gasteiger partial charge >= 0.3 is 0 Å². The van der Waals surface area contributed by atoms with Gasteiger partial charge in [0.25, 0.3) is 0 Å². The first-order valence-corrected chi connectivity index (χ1v) is 4.58. The first kappa shape index (κ1) is 11.7. The molecule has 4 nitrogen and oxygen atoms in total. The van der Waals surface area contributed by atoms with E-state index >= 15 is 0 Å². The van der Waals surface area contributed by atoms with E-state index in [-0.39, 0.29) is 0 Å². The van der Waals surface area contributed by atoms with Gasteiger partial charge in [0.05, 0.1) is 0 Å². The third kappa shape index (κ3) is 2.78. The molecule has 0 amide bonds. The van der Waals surface area contributed by atoms with Crippen LogP contribution in [0.3, 0.4) is 0 Å². The van der Waals surface area contributed by atoms with E-state index in [1.165, 1.54) is 7.11 Å². The smallest absolute Gasteiger partial charge is 0.219 e. The molecule has 1 atom stereocenters. The van der Waals surface area contributed by atoms with Gasteiger partial charge in [0.2, 0.25) is 12.1 Å². The molecule has 0 heterocycles. The van der Waals surface area contributed by atoms with Crippen molar-refractivity contribution in [2.45, 2.75) is 6.29 Å². The van der Waals surface area contributed by atoms with Crippen LogP contribution in [-0.2, 0) is 4.74 Å². The maximum Gasteiger partial charge on any atom is 0.219 e. The second-order valence-electron chi connectivity index (χ2n) is 3.39. The molecule has 1 rings (SSSR count). The molecule has 0 aromatic heterocycles. The van der Waals surface area contributed by atoms with E-state index in [1.54, 1.807) is 12.1 Å². The van der Waals surface area contributed by atoms with Crippen LogP contribution in [0.5, 0.6) is 0 Å². The zero-order valence-corrected chi connectivity index (χ0v) is 9.10. The molecule has 82 valence electrons. The minimum absolute atomic E-state index is 0.428. The summed E-state index contributed by atoms with van der Waals surface area (Å²) in [5.74, 6) is -0.428. The summed E-state index contributed by atoms with van der Waals surface area (Å²) in [7, 11) is 5.12. The number of benzene rings is 1. The van der Waals surface area contributed by atoms with Crippen molar-refractivity contribution in [3.8, 4) is 0 Å². The Morgan fingerprint density at radius 2 is 1.87 bits per heavy atom. The van der Waals surface area contributed by atoms with Crippen molar-refractivity contribution in [1.82, 2.24) is 0 Å². The van der Waals surface area contributed by atoms with Crippen molar-refractivity contribution < 1.29 is 14.6 Å². The molecule has 1 N–H and O–H groups in total. The molecule has 0 spiro atoms. The van der Waals surface area contributed by atoms with Crippen molar-refractivity contribution in [2.75, 3.05) is 26.1 Å². The highest BCUT2D eigenvalue weighted by Crippen LogP contribution is 2.13. The number of ether oxygens (including phenoxy) is 1. The zero-order valence-electron chi connectivity index (χ0n) is 9.10. The van der Waals surface area contributed by atoms with Gasteiger partial charge in [0, 0.05) is 32.5 Å². The molecule has 0 fully saturated rings. The first-order chi connectivity index (χ1) is 7.06. The fourth-order valence-electron chi connectivity index (χ4n) is 1.17. The number of ketones is 1. The molecule has 0 radical (unpaired) electrons. The molecule has 1 aromatic carbocycles. The van der Waals surface area contributed by atoms with Crippen LogP contribution in [0.2, 0.25) is 0 Å². The van der Waals surface area contributed by atoms with Gasteiger partial charge in [-0.15, -0.1) is 0 Å². The lowest BCUT2D eigenvalue weighted by molar-refractivity contribution is -0.0483. The third-order valence-corrected chi connectivity index (χ3v) is 2.12. The van der Waals surface area contributed by atoms with Gasteiger partial charge in [-0.25, -0.2) is 0 Å². The quantitative estimate of drug-likeness (QED) is 0.591. The first-order valence-electron chi connectivity index (χ1n) is 4.58. The van der Waals surface area contributed by atoms with Crippen molar-refractivity contribution in [2.24, 2.45) is 0 Å². The van der Waals surface area contributed by atoms with E-state index < -0.39 is 12.1 Å². The molecule has 0 aliphatic carbocycles. The molecular weight excluding hydrogens is 194 g/mol. The SMILES string of the molecule is COC(O)C(=O)c1ccc(N(C)C)cc1. The Labute approximate surface area is 89.1 Å². The fraction of sp³-hybridized carbons (Fsp3) is 0.364. The highest BCUT2D eigenvalue weighted by Gasteiger charge is 2.15. The number of Topliss-reactive ketones (excluding diaryl/α,β-unsaturated/α-hetero) is 1.